The molecule has 0 spiro atoms. The van der Waals surface area contributed by atoms with Crippen LogP contribution in [0.4, 0.5) is 4.39 Å². The second-order valence-electron chi connectivity index (χ2n) is 6.16. The number of hydrogen-bond donors (Lipinski definition) is 0. The first-order valence-electron chi connectivity index (χ1n) is 8.68. The van der Waals surface area contributed by atoms with Crippen LogP contribution in [-0.4, -0.2) is 25.3 Å². The number of benzene rings is 3. The summed E-state index contributed by atoms with van der Waals surface area (Å²) in [6, 6.07) is 15.7. The zero-order valence-corrected chi connectivity index (χ0v) is 15.6. The van der Waals surface area contributed by atoms with Crippen molar-refractivity contribution in [2.24, 2.45) is 0 Å². The maximum absolute atomic E-state index is 13.1. The molecule has 146 valence electrons. The van der Waals surface area contributed by atoms with Crippen LogP contribution in [0.5, 0.6) is 17.2 Å². The van der Waals surface area contributed by atoms with Crippen LogP contribution in [0.1, 0.15) is 10.4 Å². The van der Waals surface area contributed by atoms with Gasteiger partial charge in [-0.05, 0) is 54.6 Å². The maximum Gasteiger partial charge on any atom is 0.343 e. The van der Waals surface area contributed by atoms with Crippen molar-refractivity contribution in [3.63, 3.8) is 0 Å². The van der Waals surface area contributed by atoms with Crippen LogP contribution in [0, 0.1) is 5.82 Å². The average Bonchev–Trinajstić information content (AvgIpc) is 3.17. The zero-order valence-electron chi connectivity index (χ0n) is 15.6. The fourth-order valence-corrected chi connectivity index (χ4v) is 2.93. The van der Waals surface area contributed by atoms with Gasteiger partial charge in [-0.25, -0.2) is 9.18 Å². The van der Waals surface area contributed by atoms with Gasteiger partial charge in [0.05, 0.1) is 19.8 Å². The summed E-state index contributed by atoms with van der Waals surface area (Å²) < 4.78 is 34.3. The normalized spacial score (nSPS) is 10.7. The number of esters is 1. The van der Waals surface area contributed by atoms with E-state index < -0.39 is 5.97 Å². The molecule has 3 aromatic carbocycles. The number of carbonyl (C=O) groups excluding carboxylic acids is 1. The van der Waals surface area contributed by atoms with Crippen molar-refractivity contribution in [1.29, 1.82) is 0 Å². The molecule has 4 aromatic rings. The number of hydrogen-bond acceptors (Lipinski definition) is 6. The highest BCUT2D eigenvalue weighted by molar-refractivity contribution is 5.94. The Bertz CT molecular complexity index is 1180. The highest BCUT2D eigenvalue weighted by Gasteiger charge is 2.15. The quantitative estimate of drug-likeness (QED) is 0.356. The molecule has 0 aliphatic rings. The molecule has 4 rings (SSSR count). The molecule has 6 nitrogen and oxygen atoms in total. The Balaban J connectivity index is 1.59. The SMILES string of the molecule is COc1ccc(C(=O)Oc2ccc3c(-c4ccc(F)cc4)noc3c2)cc1OC. The van der Waals surface area contributed by atoms with Gasteiger partial charge in [0.1, 0.15) is 17.3 Å². The van der Waals surface area contributed by atoms with Crippen molar-refractivity contribution in [2.45, 2.75) is 0 Å². The first-order chi connectivity index (χ1) is 14.1. The standard InChI is InChI=1S/C22H16FNO5/c1-26-18-10-5-14(11-20(18)27-2)22(25)28-16-8-9-17-19(12-16)29-24-21(17)13-3-6-15(23)7-4-13/h3-12H,1-2H3. The van der Waals surface area contributed by atoms with E-state index in [1.165, 1.54) is 26.4 Å². The van der Waals surface area contributed by atoms with Gasteiger partial charge in [-0.2, -0.15) is 0 Å². The Morgan fingerprint density at radius 3 is 2.41 bits per heavy atom. The topological polar surface area (TPSA) is 70.8 Å². The third-order valence-electron chi connectivity index (χ3n) is 4.39. The van der Waals surface area contributed by atoms with E-state index in [-0.39, 0.29) is 5.82 Å². The van der Waals surface area contributed by atoms with Crippen LogP contribution < -0.4 is 14.2 Å². The van der Waals surface area contributed by atoms with Gasteiger partial charge in [0.15, 0.2) is 17.1 Å². The van der Waals surface area contributed by atoms with Gasteiger partial charge < -0.3 is 18.7 Å². The summed E-state index contributed by atoms with van der Waals surface area (Å²) in [4.78, 5) is 12.5. The van der Waals surface area contributed by atoms with E-state index in [2.05, 4.69) is 5.16 Å². The number of nitrogens with zero attached hydrogens (tertiary/aromatic N) is 1. The molecule has 29 heavy (non-hydrogen) atoms. The monoisotopic (exact) mass is 393 g/mol. The van der Waals surface area contributed by atoms with E-state index in [1.54, 1.807) is 48.5 Å². The molecule has 1 heterocycles. The lowest BCUT2D eigenvalue weighted by molar-refractivity contribution is 0.0734. The van der Waals surface area contributed by atoms with Gasteiger partial charge in [0.25, 0.3) is 0 Å². The number of methoxy groups -OCH3 is 2. The molecule has 0 aliphatic heterocycles. The largest absolute Gasteiger partial charge is 0.493 e. The number of rotatable bonds is 5. The summed E-state index contributed by atoms with van der Waals surface area (Å²) in [5.74, 6) is 0.366. The lowest BCUT2D eigenvalue weighted by Gasteiger charge is -2.09. The first kappa shape index (κ1) is 18.5. The second kappa shape index (κ2) is 7.63. The third-order valence-corrected chi connectivity index (χ3v) is 4.39. The summed E-state index contributed by atoms with van der Waals surface area (Å²) in [5, 5.41) is 4.77. The zero-order chi connectivity index (χ0) is 20.4. The van der Waals surface area contributed by atoms with Crippen molar-refractivity contribution in [3.8, 4) is 28.5 Å². The summed E-state index contributed by atoms with van der Waals surface area (Å²) in [5.41, 5.74) is 2.06. The van der Waals surface area contributed by atoms with E-state index in [0.29, 0.717) is 34.1 Å². The first-order valence-corrected chi connectivity index (χ1v) is 8.68. The van der Waals surface area contributed by atoms with Gasteiger partial charge in [-0.3, -0.25) is 0 Å². The van der Waals surface area contributed by atoms with Gasteiger partial charge in [0.2, 0.25) is 0 Å². The van der Waals surface area contributed by atoms with Crippen LogP contribution in [-0.2, 0) is 0 Å². The molecule has 0 saturated carbocycles. The van der Waals surface area contributed by atoms with E-state index in [9.17, 15) is 9.18 Å². The van der Waals surface area contributed by atoms with Gasteiger partial charge in [-0.15, -0.1) is 0 Å². The van der Waals surface area contributed by atoms with Gasteiger partial charge in [-0.1, -0.05) is 5.16 Å². The molecule has 7 heteroatoms. The Morgan fingerprint density at radius 1 is 0.931 bits per heavy atom. The Kier molecular flexibility index (Phi) is 4.87. The van der Waals surface area contributed by atoms with Gasteiger partial charge in [0, 0.05) is 17.0 Å². The maximum atomic E-state index is 13.1. The molecule has 1 aromatic heterocycles. The average molecular weight is 393 g/mol. The van der Waals surface area contributed by atoms with E-state index in [0.717, 1.165) is 10.9 Å². The van der Waals surface area contributed by atoms with Crippen LogP contribution in [0.15, 0.2) is 65.2 Å². The smallest absolute Gasteiger partial charge is 0.343 e. The number of carbonyl (C=O) groups is 1. The van der Waals surface area contributed by atoms with E-state index in [4.69, 9.17) is 18.7 Å². The minimum Gasteiger partial charge on any atom is -0.493 e. The Morgan fingerprint density at radius 2 is 1.69 bits per heavy atom. The molecule has 0 N–H and O–H groups in total. The lowest BCUT2D eigenvalue weighted by atomic mass is 10.1. The van der Waals surface area contributed by atoms with Crippen LogP contribution >= 0.6 is 0 Å². The van der Waals surface area contributed by atoms with Crippen molar-refractivity contribution < 1.29 is 27.9 Å². The fourth-order valence-electron chi connectivity index (χ4n) is 2.93. The predicted molar refractivity (Wildman–Crippen MR) is 104 cm³/mol. The third kappa shape index (κ3) is 3.62. The summed E-state index contributed by atoms with van der Waals surface area (Å²) in [7, 11) is 3.01. The van der Waals surface area contributed by atoms with Crippen LogP contribution in [0.2, 0.25) is 0 Å². The van der Waals surface area contributed by atoms with Crippen LogP contribution in [0.25, 0.3) is 22.2 Å². The molecular weight excluding hydrogens is 377 g/mol. The Labute approximate surface area is 165 Å². The van der Waals surface area contributed by atoms with E-state index in [1.807, 2.05) is 0 Å². The molecule has 0 atom stereocenters. The molecule has 0 saturated heterocycles. The number of ether oxygens (including phenoxy) is 3. The van der Waals surface area contributed by atoms with E-state index >= 15 is 0 Å². The van der Waals surface area contributed by atoms with Crippen LogP contribution in [0.3, 0.4) is 0 Å². The van der Waals surface area contributed by atoms with Crippen molar-refractivity contribution in [1.82, 2.24) is 5.16 Å². The molecule has 0 amide bonds. The minimum atomic E-state index is -0.552. The highest BCUT2D eigenvalue weighted by atomic mass is 19.1. The molecule has 0 unspecified atom stereocenters. The molecular formula is C22H16FNO5. The molecule has 0 aliphatic carbocycles. The lowest BCUT2D eigenvalue weighted by Crippen LogP contribution is -2.08. The summed E-state index contributed by atoms with van der Waals surface area (Å²) >= 11 is 0. The number of fused-ring (bicyclic) bond motifs is 1. The molecule has 0 bridgehead atoms. The summed E-state index contributed by atoms with van der Waals surface area (Å²) in [6.45, 7) is 0. The predicted octanol–water partition coefficient (Wildman–Crippen LogP) is 4.87. The second-order valence-corrected chi connectivity index (χ2v) is 6.16. The highest BCUT2D eigenvalue weighted by Crippen LogP contribution is 2.31. The minimum absolute atomic E-state index is 0.305. The number of aromatic nitrogens is 1. The Hall–Kier alpha value is -3.87. The van der Waals surface area contributed by atoms with Gasteiger partial charge >= 0.3 is 5.97 Å². The fraction of sp³-hybridized carbons (Fsp3) is 0.0909. The molecule has 0 radical (unpaired) electrons. The van der Waals surface area contributed by atoms with Crippen molar-refractivity contribution in [3.05, 3.63) is 72.0 Å². The van der Waals surface area contributed by atoms with Crippen molar-refractivity contribution >= 4 is 16.9 Å². The number of halogens is 1. The summed E-state index contributed by atoms with van der Waals surface area (Å²) in [6.07, 6.45) is 0. The van der Waals surface area contributed by atoms with Crippen molar-refractivity contribution in [2.75, 3.05) is 14.2 Å². The molecule has 0 fully saturated rings.